The zero-order valence-electron chi connectivity index (χ0n) is 14.9. The van der Waals surface area contributed by atoms with Crippen LogP contribution in [0, 0.1) is 5.92 Å². The molecular formula is C20H20O6. The molecule has 1 aliphatic heterocycles. The van der Waals surface area contributed by atoms with Crippen LogP contribution in [-0.4, -0.2) is 30.6 Å². The monoisotopic (exact) mass is 356 g/mol. The van der Waals surface area contributed by atoms with Crippen LogP contribution in [0.4, 0.5) is 0 Å². The Morgan fingerprint density at radius 3 is 2.62 bits per heavy atom. The Morgan fingerprint density at radius 2 is 1.92 bits per heavy atom. The van der Waals surface area contributed by atoms with Gasteiger partial charge in [-0.25, -0.2) is 0 Å². The summed E-state index contributed by atoms with van der Waals surface area (Å²) in [6.07, 6.45) is 0.373. The summed E-state index contributed by atoms with van der Waals surface area (Å²) in [7, 11) is 1.44. The molecule has 3 rings (SSSR count). The Morgan fingerprint density at radius 1 is 1.19 bits per heavy atom. The van der Waals surface area contributed by atoms with Crippen LogP contribution in [0.1, 0.15) is 35.3 Å². The fourth-order valence-corrected chi connectivity index (χ4v) is 2.82. The maximum Gasteiger partial charge on any atom is 0.231 e. The summed E-state index contributed by atoms with van der Waals surface area (Å²) in [6.45, 7) is 3.44. The van der Waals surface area contributed by atoms with E-state index in [0.717, 1.165) is 0 Å². The van der Waals surface area contributed by atoms with Crippen molar-refractivity contribution >= 4 is 11.6 Å². The number of phenolic OH excluding ortho intramolecular Hbond substituents is 1. The SMILES string of the molecule is COc1cc(CC(C)C(C)=O)c(C(=O)c2ccc3c(c2)OCO3)cc1O. The van der Waals surface area contributed by atoms with Crippen LogP contribution in [0.2, 0.25) is 0 Å². The van der Waals surface area contributed by atoms with Crippen LogP contribution in [0.25, 0.3) is 0 Å². The number of ketones is 2. The molecule has 1 atom stereocenters. The molecule has 0 aliphatic carbocycles. The Bertz CT molecular complexity index is 871. The van der Waals surface area contributed by atoms with E-state index in [4.69, 9.17) is 14.2 Å². The van der Waals surface area contributed by atoms with E-state index < -0.39 is 0 Å². The molecule has 0 fully saturated rings. The molecule has 6 heteroatoms. The van der Waals surface area contributed by atoms with Crippen LogP contribution in [-0.2, 0) is 11.2 Å². The number of benzene rings is 2. The molecule has 1 heterocycles. The van der Waals surface area contributed by atoms with Gasteiger partial charge in [-0.05, 0) is 49.2 Å². The van der Waals surface area contributed by atoms with Crippen LogP contribution in [0.5, 0.6) is 23.0 Å². The highest BCUT2D eigenvalue weighted by Gasteiger charge is 2.22. The molecule has 1 aliphatic rings. The van der Waals surface area contributed by atoms with E-state index in [1.54, 1.807) is 31.2 Å². The minimum Gasteiger partial charge on any atom is -0.504 e. The highest BCUT2D eigenvalue weighted by Crippen LogP contribution is 2.35. The standard InChI is InChI=1S/C20H20O6/c1-11(12(2)21)6-14-8-18(24-3)16(22)9-15(14)20(23)13-4-5-17-19(7-13)26-10-25-17/h4-5,7-9,11,22H,6,10H2,1-3H3. The second-order valence-corrected chi connectivity index (χ2v) is 6.29. The maximum atomic E-state index is 13.0. The lowest BCUT2D eigenvalue weighted by atomic mass is 9.90. The van der Waals surface area contributed by atoms with E-state index in [9.17, 15) is 14.7 Å². The molecule has 0 saturated carbocycles. The Labute approximate surface area is 151 Å². The summed E-state index contributed by atoms with van der Waals surface area (Å²) >= 11 is 0. The summed E-state index contributed by atoms with van der Waals surface area (Å²) in [4.78, 5) is 24.7. The van der Waals surface area contributed by atoms with Crippen molar-refractivity contribution in [2.24, 2.45) is 5.92 Å². The molecule has 1 N–H and O–H groups in total. The van der Waals surface area contributed by atoms with Gasteiger partial charge in [-0.15, -0.1) is 0 Å². The number of ether oxygens (including phenoxy) is 3. The highest BCUT2D eigenvalue weighted by atomic mass is 16.7. The molecule has 2 aromatic rings. The first-order chi connectivity index (χ1) is 12.4. The average molecular weight is 356 g/mol. The number of methoxy groups -OCH3 is 1. The number of rotatable bonds is 6. The number of carbonyl (C=O) groups is 2. The molecular weight excluding hydrogens is 336 g/mol. The Hall–Kier alpha value is -3.02. The van der Waals surface area contributed by atoms with Gasteiger partial charge < -0.3 is 19.3 Å². The molecule has 1 unspecified atom stereocenters. The Kier molecular flexibility index (Phi) is 4.84. The molecule has 0 aromatic heterocycles. The minimum absolute atomic E-state index is 0.0264. The maximum absolute atomic E-state index is 13.0. The smallest absolute Gasteiger partial charge is 0.231 e. The van der Waals surface area contributed by atoms with Crippen LogP contribution < -0.4 is 14.2 Å². The molecule has 26 heavy (non-hydrogen) atoms. The van der Waals surface area contributed by atoms with Crippen LogP contribution in [0.3, 0.4) is 0 Å². The number of hydrogen-bond donors (Lipinski definition) is 1. The third-order valence-electron chi connectivity index (χ3n) is 4.50. The fourth-order valence-electron chi connectivity index (χ4n) is 2.82. The average Bonchev–Trinajstić information content (AvgIpc) is 3.09. The topological polar surface area (TPSA) is 82.1 Å². The third-order valence-corrected chi connectivity index (χ3v) is 4.50. The zero-order valence-corrected chi connectivity index (χ0v) is 14.9. The van der Waals surface area contributed by atoms with E-state index in [1.807, 2.05) is 0 Å². The van der Waals surface area contributed by atoms with Crippen molar-refractivity contribution in [1.29, 1.82) is 0 Å². The number of fused-ring (bicyclic) bond motifs is 1. The molecule has 0 spiro atoms. The third kappa shape index (κ3) is 3.35. The number of phenols is 1. The van der Waals surface area contributed by atoms with Gasteiger partial charge in [0, 0.05) is 17.0 Å². The van der Waals surface area contributed by atoms with Gasteiger partial charge in [0.25, 0.3) is 0 Å². The van der Waals surface area contributed by atoms with Gasteiger partial charge in [-0.1, -0.05) is 6.92 Å². The molecule has 2 aromatic carbocycles. The number of aromatic hydroxyl groups is 1. The normalized spacial score (nSPS) is 13.3. The largest absolute Gasteiger partial charge is 0.504 e. The fraction of sp³-hybridized carbons (Fsp3) is 0.300. The van der Waals surface area contributed by atoms with Gasteiger partial charge in [0.15, 0.2) is 28.8 Å². The summed E-state index contributed by atoms with van der Waals surface area (Å²) in [5, 5.41) is 10.1. The van der Waals surface area contributed by atoms with Gasteiger partial charge in [0.1, 0.15) is 5.78 Å². The van der Waals surface area contributed by atoms with Crippen LogP contribution in [0.15, 0.2) is 30.3 Å². The van der Waals surface area contributed by atoms with Gasteiger partial charge in [0.05, 0.1) is 7.11 Å². The van der Waals surface area contributed by atoms with Crippen molar-refractivity contribution in [3.63, 3.8) is 0 Å². The molecule has 0 saturated heterocycles. The molecule has 6 nitrogen and oxygen atoms in total. The van der Waals surface area contributed by atoms with Crippen molar-refractivity contribution < 1.29 is 28.9 Å². The summed E-state index contributed by atoms with van der Waals surface area (Å²) in [6, 6.07) is 7.93. The first-order valence-electron chi connectivity index (χ1n) is 8.25. The lowest BCUT2D eigenvalue weighted by Crippen LogP contribution is -2.13. The van der Waals surface area contributed by atoms with Gasteiger partial charge >= 0.3 is 0 Å². The van der Waals surface area contributed by atoms with Crippen LogP contribution >= 0.6 is 0 Å². The lowest BCUT2D eigenvalue weighted by Gasteiger charge is -2.15. The molecule has 0 bridgehead atoms. The predicted molar refractivity (Wildman–Crippen MR) is 94.2 cm³/mol. The van der Waals surface area contributed by atoms with Crippen molar-refractivity contribution in [2.45, 2.75) is 20.3 Å². The summed E-state index contributed by atoms with van der Waals surface area (Å²) in [5.41, 5.74) is 1.39. The van der Waals surface area contributed by atoms with E-state index >= 15 is 0 Å². The van der Waals surface area contributed by atoms with Crippen molar-refractivity contribution in [1.82, 2.24) is 0 Å². The highest BCUT2D eigenvalue weighted by molar-refractivity contribution is 6.10. The quantitative estimate of drug-likeness (QED) is 0.801. The first-order valence-corrected chi connectivity index (χ1v) is 8.25. The number of Topliss-reactive ketones (excluding diaryl/α,β-unsaturated/α-hetero) is 1. The first kappa shape index (κ1) is 17.8. The van der Waals surface area contributed by atoms with E-state index in [-0.39, 0.29) is 35.8 Å². The van der Waals surface area contributed by atoms with E-state index in [1.165, 1.54) is 20.1 Å². The second kappa shape index (κ2) is 7.07. The molecule has 0 amide bonds. The van der Waals surface area contributed by atoms with Gasteiger partial charge in [0.2, 0.25) is 6.79 Å². The minimum atomic E-state index is -0.271. The van der Waals surface area contributed by atoms with E-state index in [0.29, 0.717) is 34.6 Å². The summed E-state index contributed by atoms with van der Waals surface area (Å²) in [5.74, 6) is 0.726. The van der Waals surface area contributed by atoms with Crippen molar-refractivity contribution in [3.05, 3.63) is 47.0 Å². The Balaban J connectivity index is 2.03. The van der Waals surface area contributed by atoms with Gasteiger partial charge in [-0.2, -0.15) is 0 Å². The predicted octanol–water partition coefficient (Wildman–Crippen LogP) is 3.13. The van der Waals surface area contributed by atoms with Crippen molar-refractivity contribution in [3.8, 4) is 23.0 Å². The lowest BCUT2D eigenvalue weighted by molar-refractivity contribution is -0.120. The second-order valence-electron chi connectivity index (χ2n) is 6.29. The molecule has 0 radical (unpaired) electrons. The zero-order chi connectivity index (χ0) is 18.8. The number of hydrogen-bond acceptors (Lipinski definition) is 6. The summed E-state index contributed by atoms with van der Waals surface area (Å²) < 4.78 is 15.7. The van der Waals surface area contributed by atoms with Crippen molar-refractivity contribution in [2.75, 3.05) is 13.9 Å². The van der Waals surface area contributed by atoms with Gasteiger partial charge in [-0.3, -0.25) is 9.59 Å². The molecule has 136 valence electrons. The van der Waals surface area contributed by atoms with E-state index in [2.05, 4.69) is 0 Å². The number of carbonyl (C=O) groups excluding carboxylic acids is 2.